The van der Waals surface area contributed by atoms with Gasteiger partial charge in [-0.15, -0.1) is 0 Å². The largest absolute Gasteiger partial charge is 0.340 e. The van der Waals surface area contributed by atoms with E-state index >= 15 is 0 Å². The Morgan fingerprint density at radius 2 is 1.88 bits per heavy atom. The number of nitrogens with one attached hydrogen (secondary N) is 1. The Morgan fingerprint density at radius 3 is 2.73 bits per heavy atom. The van der Waals surface area contributed by atoms with E-state index in [-0.39, 0.29) is 5.91 Å². The van der Waals surface area contributed by atoms with E-state index in [1.165, 1.54) is 12.3 Å². The minimum atomic E-state index is -0.948. The van der Waals surface area contributed by atoms with Crippen LogP contribution < -0.4 is 10.2 Å². The number of pyridine rings is 1. The third-order valence-electron chi connectivity index (χ3n) is 4.33. The molecule has 0 radical (unpaired) electrons. The van der Waals surface area contributed by atoms with Crippen LogP contribution in [0.3, 0.4) is 0 Å². The Morgan fingerprint density at radius 1 is 1.04 bits per heavy atom. The van der Waals surface area contributed by atoms with E-state index in [9.17, 15) is 13.6 Å². The van der Waals surface area contributed by atoms with Gasteiger partial charge in [0.25, 0.3) is 5.91 Å². The van der Waals surface area contributed by atoms with Gasteiger partial charge in [0.2, 0.25) is 0 Å². The first-order valence-corrected chi connectivity index (χ1v) is 8.20. The average molecular weight is 351 g/mol. The van der Waals surface area contributed by atoms with Gasteiger partial charge < -0.3 is 10.2 Å². The van der Waals surface area contributed by atoms with Crippen LogP contribution in [0.1, 0.15) is 15.9 Å². The summed E-state index contributed by atoms with van der Waals surface area (Å²) in [6.45, 7) is 0.631. The average Bonchev–Trinajstić information content (AvgIpc) is 3.08. The molecular formula is C20H15F2N3O. The molecule has 0 atom stereocenters. The first-order valence-electron chi connectivity index (χ1n) is 8.20. The van der Waals surface area contributed by atoms with Crippen LogP contribution >= 0.6 is 0 Å². The van der Waals surface area contributed by atoms with Crippen molar-refractivity contribution in [3.05, 3.63) is 83.6 Å². The number of fused-ring (bicyclic) bond motifs is 1. The highest BCUT2D eigenvalue weighted by molar-refractivity contribution is 6.07. The number of aromatic nitrogens is 1. The smallest absolute Gasteiger partial charge is 0.258 e. The van der Waals surface area contributed by atoms with Crippen molar-refractivity contribution in [3.63, 3.8) is 0 Å². The first kappa shape index (κ1) is 16.2. The molecule has 0 spiro atoms. The molecule has 0 aliphatic carbocycles. The zero-order chi connectivity index (χ0) is 18.1. The number of carbonyl (C=O) groups excluding carboxylic acids is 1. The van der Waals surface area contributed by atoms with E-state index in [0.717, 1.165) is 29.8 Å². The van der Waals surface area contributed by atoms with Crippen LogP contribution in [0.5, 0.6) is 0 Å². The molecule has 1 aliphatic heterocycles. The second-order valence-electron chi connectivity index (χ2n) is 6.02. The maximum Gasteiger partial charge on any atom is 0.258 e. The Kier molecular flexibility index (Phi) is 4.08. The van der Waals surface area contributed by atoms with Crippen LogP contribution in [0.25, 0.3) is 0 Å². The summed E-state index contributed by atoms with van der Waals surface area (Å²) >= 11 is 0. The summed E-state index contributed by atoms with van der Waals surface area (Å²) < 4.78 is 26.4. The quantitative estimate of drug-likeness (QED) is 0.765. The molecule has 0 saturated carbocycles. The van der Waals surface area contributed by atoms with Crippen LogP contribution in [-0.2, 0) is 6.42 Å². The lowest BCUT2D eigenvalue weighted by Gasteiger charge is -2.17. The SMILES string of the molecule is O=C(c1ccnc(Nc2ccc(F)c(F)c2)c1)N1CCc2ccccc21. The lowest BCUT2D eigenvalue weighted by atomic mass is 10.1. The zero-order valence-corrected chi connectivity index (χ0v) is 13.7. The topological polar surface area (TPSA) is 45.2 Å². The normalized spacial score (nSPS) is 12.8. The molecule has 26 heavy (non-hydrogen) atoms. The van der Waals surface area contributed by atoms with Crippen LogP contribution in [0, 0.1) is 11.6 Å². The molecule has 2 heterocycles. The van der Waals surface area contributed by atoms with E-state index in [2.05, 4.69) is 10.3 Å². The number of benzene rings is 2. The fourth-order valence-corrected chi connectivity index (χ4v) is 3.06. The molecule has 130 valence electrons. The van der Waals surface area contributed by atoms with Crippen molar-refractivity contribution in [2.24, 2.45) is 0 Å². The third kappa shape index (κ3) is 3.01. The molecule has 1 amide bonds. The fraction of sp³-hybridized carbons (Fsp3) is 0.100. The Balaban J connectivity index is 1.58. The van der Waals surface area contributed by atoms with Crippen molar-refractivity contribution in [2.75, 3.05) is 16.8 Å². The summed E-state index contributed by atoms with van der Waals surface area (Å²) in [5.41, 5.74) is 2.90. The lowest BCUT2D eigenvalue weighted by molar-refractivity contribution is 0.0989. The van der Waals surface area contributed by atoms with Crippen molar-refractivity contribution in [2.45, 2.75) is 6.42 Å². The minimum absolute atomic E-state index is 0.120. The van der Waals surface area contributed by atoms with Gasteiger partial charge in [-0.05, 0) is 42.3 Å². The molecule has 1 aromatic heterocycles. The number of amides is 1. The van der Waals surface area contributed by atoms with Crippen LogP contribution in [-0.4, -0.2) is 17.4 Å². The van der Waals surface area contributed by atoms with E-state index in [4.69, 9.17) is 0 Å². The summed E-state index contributed by atoms with van der Waals surface area (Å²) in [5.74, 6) is -1.60. The van der Waals surface area contributed by atoms with E-state index in [1.807, 2.05) is 24.3 Å². The van der Waals surface area contributed by atoms with Gasteiger partial charge in [-0.2, -0.15) is 0 Å². The molecule has 3 aromatic rings. The van der Waals surface area contributed by atoms with Crippen molar-refractivity contribution in [1.82, 2.24) is 4.98 Å². The van der Waals surface area contributed by atoms with Crippen molar-refractivity contribution in [1.29, 1.82) is 0 Å². The minimum Gasteiger partial charge on any atom is -0.340 e. The highest BCUT2D eigenvalue weighted by Gasteiger charge is 2.25. The predicted molar refractivity (Wildman–Crippen MR) is 95.7 cm³/mol. The molecule has 0 saturated heterocycles. The molecule has 1 aliphatic rings. The Hall–Kier alpha value is -3.28. The molecular weight excluding hydrogens is 336 g/mol. The number of hydrogen-bond acceptors (Lipinski definition) is 3. The van der Waals surface area contributed by atoms with Gasteiger partial charge in [-0.1, -0.05) is 18.2 Å². The van der Waals surface area contributed by atoms with Crippen molar-refractivity contribution >= 4 is 23.1 Å². The third-order valence-corrected chi connectivity index (χ3v) is 4.33. The molecule has 1 N–H and O–H groups in total. The molecule has 0 bridgehead atoms. The monoisotopic (exact) mass is 351 g/mol. The van der Waals surface area contributed by atoms with E-state index in [1.54, 1.807) is 17.0 Å². The molecule has 6 heteroatoms. The lowest BCUT2D eigenvalue weighted by Crippen LogP contribution is -2.28. The highest BCUT2D eigenvalue weighted by Crippen LogP contribution is 2.29. The zero-order valence-electron chi connectivity index (χ0n) is 13.7. The predicted octanol–water partition coefficient (Wildman–Crippen LogP) is 4.31. The van der Waals surface area contributed by atoms with Gasteiger partial charge in [0, 0.05) is 35.7 Å². The number of carbonyl (C=O) groups is 1. The van der Waals surface area contributed by atoms with Crippen molar-refractivity contribution < 1.29 is 13.6 Å². The second kappa shape index (κ2) is 6.55. The van der Waals surface area contributed by atoms with Crippen molar-refractivity contribution in [3.8, 4) is 0 Å². The van der Waals surface area contributed by atoms with Crippen LogP contribution in [0.15, 0.2) is 60.8 Å². The summed E-state index contributed by atoms with van der Waals surface area (Å²) in [7, 11) is 0. The van der Waals surface area contributed by atoms with Gasteiger partial charge in [-0.25, -0.2) is 13.8 Å². The van der Waals surface area contributed by atoms with E-state index < -0.39 is 11.6 Å². The maximum absolute atomic E-state index is 13.3. The highest BCUT2D eigenvalue weighted by atomic mass is 19.2. The number of para-hydroxylation sites is 1. The summed E-state index contributed by atoms with van der Waals surface area (Å²) in [4.78, 5) is 18.8. The van der Waals surface area contributed by atoms with Crippen LogP contribution in [0.4, 0.5) is 26.0 Å². The molecule has 4 rings (SSSR count). The molecule has 4 nitrogen and oxygen atoms in total. The standard InChI is InChI=1S/C20H15F2N3O/c21-16-6-5-15(12-17(16)22)24-19-11-14(7-9-23-19)20(26)25-10-8-13-3-1-2-4-18(13)25/h1-7,9,11-12H,8,10H2,(H,23,24). The summed E-state index contributed by atoms with van der Waals surface area (Å²) in [6.07, 6.45) is 2.34. The summed E-state index contributed by atoms with van der Waals surface area (Å²) in [5, 5.41) is 2.89. The number of halogens is 2. The molecule has 0 fully saturated rings. The maximum atomic E-state index is 13.3. The first-order chi connectivity index (χ1) is 12.6. The van der Waals surface area contributed by atoms with Gasteiger partial charge >= 0.3 is 0 Å². The van der Waals surface area contributed by atoms with Crippen LogP contribution in [0.2, 0.25) is 0 Å². The van der Waals surface area contributed by atoms with E-state index in [0.29, 0.717) is 23.6 Å². The van der Waals surface area contributed by atoms with Gasteiger partial charge in [0.1, 0.15) is 5.82 Å². The second-order valence-corrected chi connectivity index (χ2v) is 6.02. The van der Waals surface area contributed by atoms with Gasteiger partial charge in [-0.3, -0.25) is 4.79 Å². The Labute approximate surface area is 149 Å². The fourth-order valence-electron chi connectivity index (χ4n) is 3.06. The molecule has 2 aromatic carbocycles. The number of anilines is 3. The number of nitrogens with zero attached hydrogens (tertiary/aromatic N) is 2. The van der Waals surface area contributed by atoms with Gasteiger partial charge in [0.15, 0.2) is 11.6 Å². The Bertz CT molecular complexity index is 990. The number of rotatable bonds is 3. The van der Waals surface area contributed by atoms with Gasteiger partial charge in [0.05, 0.1) is 0 Å². The summed E-state index contributed by atoms with van der Waals surface area (Å²) in [6, 6.07) is 14.6. The molecule has 0 unspecified atom stereocenters. The number of hydrogen-bond donors (Lipinski definition) is 1.